The Balaban J connectivity index is 1.25. The Morgan fingerprint density at radius 1 is 0.964 bits per heavy atom. The fraction of sp³-hybridized carbons (Fsp3) is 0.571. The van der Waals surface area contributed by atoms with Crippen molar-refractivity contribution >= 4 is 23.6 Å². The van der Waals surface area contributed by atoms with Crippen molar-refractivity contribution < 1.29 is 4.79 Å². The molecular weight excluding hydrogens is 370 g/mol. The monoisotopic (exact) mass is 397 g/mol. The van der Waals surface area contributed by atoms with Crippen LogP contribution in [0, 0.1) is 0 Å². The number of amides is 1. The lowest BCUT2D eigenvalue weighted by atomic mass is 10.1. The zero-order chi connectivity index (χ0) is 18.9. The molecule has 2 aromatic rings. The number of thioether (sulfide) groups is 1. The maximum Gasteiger partial charge on any atom is 0.253 e. The van der Waals surface area contributed by atoms with Crippen LogP contribution >= 0.6 is 11.8 Å². The predicted octanol–water partition coefficient (Wildman–Crippen LogP) is 3.74. The van der Waals surface area contributed by atoms with Crippen molar-refractivity contribution in [2.24, 2.45) is 0 Å². The Morgan fingerprint density at radius 3 is 2.32 bits per heavy atom. The summed E-state index contributed by atoms with van der Waals surface area (Å²) in [5.74, 6) is 2.08. The molecule has 1 aromatic carbocycles. The largest absolute Gasteiger partial charge is 0.341 e. The van der Waals surface area contributed by atoms with Gasteiger partial charge in [0.1, 0.15) is 0 Å². The maximum atomic E-state index is 12.5. The summed E-state index contributed by atoms with van der Waals surface area (Å²) >= 11 is 1.76. The molecule has 1 aromatic heterocycles. The highest BCUT2D eigenvalue weighted by Crippen LogP contribution is 2.41. The van der Waals surface area contributed by atoms with E-state index in [2.05, 4.69) is 31.8 Å². The van der Waals surface area contributed by atoms with Crippen molar-refractivity contribution in [3.05, 3.63) is 35.4 Å². The minimum absolute atomic E-state index is 0.167. The molecule has 0 radical (unpaired) electrons. The van der Waals surface area contributed by atoms with Crippen LogP contribution in [0.4, 0.5) is 5.95 Å². The van der Waals surface area contributed by atoms with Crippen LogP contribution in [0.25, 0.3) is 0 Å². The zero-order valence-electron chi connectivity index (χ0n) is 16.2. The smallest absolute Gasteiger partial charge is 0.253 e. The molecule has 6 nitrogen and oxygen atoms in total. The summed E-state index contributed by atoms with van der Waals surface area (Å²) in [5.41, 5.74) is 2.02. The van der Waals surface area contributed by atoms with Gasteiger partial charge in [-0.15, -0.1) is 10.2 Å². The van der Waals surface area contributed by atoms with Crippen molar-refractivity contribution in [1.29, 1.82) is 0 Å². The van der Waals surface area contributed by atoms with Crippen LogP contribution in [-0.2, 0) is 5.75 Å². The van der Waals surface area contributed by atoms with Crippen LogP contribution in [0.15, 0.2) is 29.4 Å². The number of rotatable bonds is 6. The quantitative estimate of drug-likeness (QED) is 0.695. The molecule has 3 fully saturated rings. The highest BCUT2D eigenvalue weighted by molar-refractivity contribution is 7.98. The molecule has 0 spiro atoms. The third-order valence-electron chi connectivity index (χ3n) is 5.91. The number of aromatic nitrogens is 3. The summed E-state index contributed by atoms with van der Waals surface area (Å²) in [6.45, 7) is 3.99. The van der Waals surface area contributed by atoms with Crippen LogP contribution in [0.1, 0.15) is 60.5 Å². The van der Waals surface area contributed by atoms with E-state index in [9.17, 15) is 4.79 Å². The first-order chi connectivity index (χ1) is 13.8. The molecule has 3 aliphatic rings. The van der Waals surface area contributed by atoms with Crippen LogP contribution in [0.5, 0.6) is 0 Å². The van der Waals surface area contributed by atoms with Crippen molar-refractivity contribution in [1.82, 2.24) is 19.7 Å². The van der Waals surface area contributed by atoms with Gasteiger partial charge in [0, 0.05) is 43.5 Å². The van der Waals surface area contributed by atoms with E-state index in [1.165, 1.54) is 31.2 Å². The predicted molar refractivity (Wildman–Crippen MR) is 111 cm³/mol. The molecule has 1 saturated carbocycles. The molecule has 7 heteroatoms. The van der Waals surface area contributed by atoms with E-state index in [0.29, 0.717) is 6.04 Å². The Morgan fingerprint density at radius 2 is 1.64 bits per heavy atom. The summed E-state index contributed by atoms with van der Waals surface area (Å²) < 4.78 is 2.36. The second-order valence-corrected chi connectivity index (χ2v) is 9.01. The van der Waals surface area contributed by atoms with Crippen molar-refractivity contribution in [3.63, 3.8) is 0 Å². The van der Waals surface area contributed by atoms with Crippen LogP contribution < -0.4 is 4.90 Å². The van der Waals surface area contributed by atoms with Gasteiger partial charge in [0.15, 0.2) is 5.16 Å². The molecule has 2 saturated heterocycles. The number of nitrogens with zero attached hydrogens (tertiary/aromatic N) is 5. The first-order valence-corrected chi connectivity index (χ1v) is 11.5. The third-order valence-corrected chi connectivity index (χ3v) is 6.92. The number of hydrogen-bond acceptors (Lipinski definition) is 5. The average molecular weight is 398 g/mol. The first-order valence-electron chi connectivity index (χ1n) is 10.5. The number of hydrogen-bond donors (Lipinski definition) is 0. The van der Waals surface area contributed by atoms with Gasteiger partial charge in [0.25, 0.3) is 5.91 Å². The van der Waals surface area contributed by atoms with Crippen molar-refractivity contribution in [3.8, 4) is 0 Å². The van der Waals surface area contributed by atoms with Gasteiger partial charge in [-0.25, -0.2) is 0 Å². The molecule has 0 bridgehead atoms. The number of anilines is 1. The van der Waals surface area contributed by atoms with Crippen LogP contribution in [0.2, 0.25) is 0 Å². The van der Waals surface area contributed by atoms with E-state index in [1.54, 1.807) is 11.8 Å². The molecule has 148 valence electrons. The third kappa shape index (κ3) is 3.64. The van der Waals surface area contributed by atoms with E-state index in [-0.39, 0.29) is 5.91 Å². The van der Waals surface area contributed by atoms with Gasteiger partial charge in [-0.2, -0.15) is 0 Å². The Hall–Kier alpha value is -2.02. The second-order valence-electron chi connectivity index (χ2n) is 8.06. The summed E-state index contributed by atoms with van der Waals surface area (Å²) in [6.07, 6.45) is 7.23. The summed E-state index contributed by atoms with van der Waals surface area (Å²) in [6, 6.07) is 8.68. The number of carbonyl (C=O) groups is 1. The van der Waals surface area contributed by atoms with Gasteiger partial charge in [-0.1, -0.05) is 23.9 Å². The van der Waals surface area contributed by atoms with Gasteiger partial charge < -0.3 is 9.80 Å². The molecule has 3 heterocycles. The lowest BCUT2D eigenvalue weighted by Gasteiger charge is -2.18. The van der Waals surface area contributed by atoms with E-state index in [4.69, 9.17) is 0 Å². The van der Waals surface area contributed by atoms with Crippen molar-refractivity contribution in [2.75, 3.05) is 31.1 Å². The normalized spacial score (nSPS) is 19.6. The molecule has 2 aliphatic heterocycles. The standard InChI is InChI=1S/C21H27N5OS/c27-19(24-11-1-2-12-24)17-7-5-16(6-8-17)15-28-21-23-22-20(25-13-3-4-14-25)26(21)18-9-10-18/h5-8,18H,1-4,9-15H2. The van der Waals surface area contributed by atoms with Crippen LogP contribution in [-0.4, -0.2) is 51.8 Å². The first kappa shape index (κ1) is 18.0. The lowest BCUT2D eigenvalue weighted by Crippen LogP contribution is -2.27. The lowest BCUT2D eigenvalue weighted by molar-refractivity contribution is 0.0793. The fourth-order valence-electron chi connectivity index (χ4n) is 4.15. The Labute approximate surface area is 170 Å². The molecule has 28 heavy (non-hydrogen) atoms. The second kappa shape index (κ2) is 7.78. The molecule has 0 unspecified atom stereocenters. The average Bonchev–Trinajstić information content (AvgIpc) is 3.15. The number of benzene rings is 1. The van der Waals surface area contributed by atoms with Gasteiger partial charge in [-0.05, 0) is 56.2 Å². The molecular formula is C21H27N5OS. The molecule has 0 N–H and O–H groups in total. The van der Waals surface area contributed by atoms with E-state index >= 15 is 0 Å². The van der Waals surface area contributed by atoms with Gasteiger partial charge in [0.05, 0.1) is 0 Å². The minimum atomic E-state index is 0.167. The molecule has 0 atom stereocenters. The SMILES string of the molecule is O=C(c1ccc(CSc2nnc(N3CCCC3)n2C2CC2)cc1)N1CCCC1. The van der Waals surface area contributed by atoms with Crippen LogP contribution in [0.3, 0.4) is 0 Å². The number of likely N-dealkylation sites (tertiary alicyclic amines) is 1. The summed E-state index contributed by atoms with van der Waals surface area (Å²) in [5, 5.41) is 10.1. The Bertz CT molecular complexity index is 833. The molecule has 5 rings (SSSR count). The van der Waals surface area contributed by atoms with E-state index in [0.717, 1.165) is 61.4 Å². The van der Waals surface area contributed by atoms with Crippen molar-refractivity contribution in [2.45, 2.75) is 55.5 Å². The zero-order valence-corrected chi connectivity index (χ0v) is 17.0. The van der Waals surface area contributed by atoms with E-state index < -0.39 is 0 Å². The fourth-order valence-corrected chi connectivity index (χ4v) is 5.10. The highest BCUT2D eigenvalue weighted by Gasteiger charge is 2.32. The molecule has 1 amide bonds. The summed E-state index contributed by atoms with van der Waals surface area (Å²) in [4.78, 5) is 16.8. The summed E-state index contributed by atoms with van der Waals surface area (Å²) in [7, 11) is 0. The van der Waals surface area contributed by atoms with Gasteiger partial charge >= 0.3 is 0 Å². The van der Waals surface area contributed by atoms with Gasteiger partial charge in [-0.3, -0.25) is 9.36 Å². The van der Waals surface area contributed by atoms with E-state index in [1.807, 2.05) is 17.0 Å². The maximum absolute atomic E-state index is 12.5. The molecule has 1 aliphatic carbocycles. The van der Waals surface area contributed by atoms with Gasteiger partial charge in [0.2, 0.25) is 5.95 Å². The highest BCUT2D eigenvalue weighted by atomic mass is 32.2. The minimum Gasteiger partial charge on any atom is -0.341 e. The number of carbonyl (C=O) groups excluding carboxylic acids is 1. The Kier molecular flexibility index (Phi) is 5.01. The topological polar surface area (TPSA) is 54.3 Å².